The van der Waals surface area contributed by atoms with Crippen molar-refractivity contribution in [2.75, 3.05) is 18.2 Å². The molecule has 0 aliphatic carbocycles. The van der Waals surface area contributed by atoms with Crippen molar-refractivity contribution >= 4 is 29.0 Å². The normalized spacial score (nSPS) is 11.8. The first-order valence-electron chi connectivity index (χ1n) is 10.7. The Hall–Kier alpha value is -3.60. The molecule has 1 atom stereocenters. The molecule has 1 unspecified atom stereocenters. The molecule has 11 heteroatoms. The predicted molar refractivity (Wildman–Crippen MR) is 129 cm³/mol. The Morgan fingerprint density at radius 3 is 2.56 bits per heavy atom. The smallest absolute Gasteiger partial charge is 0.271 e. The maximum absolute atomic E-state index is 12.5. The molecule has 1 aromatic heterocycles. The Morgan fingerprint density at radius 1 is 1.15 bits per heavy atom. The number of carbonyl (C=O) groups is 1. The van der Waals surface area contributed by atoms with Crippen LogP contribution < -0.4 is 14.8 Å². The van der Waals surface area contributed by atoms with E-state index in [1.165, 1.54) is 30.0 Å². The Morgan fingerprint density at radius 2 is 1.88 bits per heavy atom. The number of amides is 1. The van der Waals surface area contributed by atoms with Gasteiger partial charge in [-0.05, 0) is 31.0 Å². The number of anilines is 1. The van der Waals surface area contributed by atoms with Crippen LogP contribution in [-0.4, -0.2) is 38.5 Å². The number of carbonyl (C=O) groups excluding carboxylic acids is 1. The van der Waals surface area contributed by atoms with Crippen molar-refractivity contribution in [1.29, 1.82) is 0 Å². The number of nitro groups is 1. The molecule has 0 bridgehead atoms. The number of ether oxygens (including phenoxy) is 2. The van der Waals surface area contributed by atoms with E-state index in [0.717, 1.165) is 0 Å². The second kappa shape index (κ2) is 11.5. The fraction of sp³-hybridized carbons (Fsp3) is 0.348. The van der Waals surface area contributed by atoms with Crippen LogP contribution in [0.25, 0.3) is 0 Å². The zero-order valence-corrected chi connectivity index (χ0v) is 20.2. The summed E-state index contributed by atoms with van der Waals surface area (Å²) in [6.07, 6.45) is -0.407. The first kappa shape index (κ1) is 25.0. The lowest BCUT2D eigenvalue weighted by molar-refractivity contribution is -0.384. The molecule has 1 heterocycles. The molecule has 34 heavy (non-hydrogen) atoms. The third-order valence-corrected chi connectivity index (χ3v) is 5.67. The van der Waals surface area contributed by atoms with Crippen molar-refractivity contribution in [1.82, 2.24) is 14.8 Å². The summed E-state index contributed by atoms with van der Waals surface area (Å²) in [4.78, 5) is 22.9. The van der Waals surface area contributed by atoms with Crippen LogP contribution in [0.3, 0.4) is 0 Å². The Kier molecular flexibility index (Phi) is 8.47. The van der Waals surface area contributed by atoms with Gasteiger partial charge in [0.1, 0.15) is 0 Å². The predicted octanol–water partition coefficient (Wildman–Crippen LogP) is 4.72. The number of nitro benzene ring substituents is 1. The maximum Gasteiger partial charge on any atom is 0.271 e. The molecule has 0 saturated carbocycles. The molecule has 0 radical (unpaired) electrons. The molecule has 0 saturated heterocycles. The minimum Gasteiger partial charge on any atom is -0.493 e. The van der Waals surface area contributed by atoms with Crippen molar-refractivity contribution in [3.05, 3.63) is 64.5 Å². The quantitative estimate of drug-likeness (QED) is 0.235. The highest BCUT2D eigenvalue weighted by Gasteiger charge is 2.22. The summed E-state index contributed by atoms with van der Waals surface area (Å²) in [6, 6.07) is 13.2. The van der Waals surface area contributed by atoms with E-state index in [2.05, 4.69) is 29.4 Å². The molecule has 3 rings (SSSR count). The van der Waals surface area contributed by atoms with E-state index in [9.17, 15) is 14.9 Å². The molecule has 3 aromatic rings. The summed E-state index contributed by atoms with van der Waals surface area (Å²) in [5.41, 5.74) is 0.277. The number of non-ortho nitro benzene ring substituents is 1. The van der Waals surface area contributed by atoms with Crippen LogP contribution in [0.2, 0.25) is 0 Å². The van der Waals surface area contributed by atoms with Crippen LogP contribution in [0.4, 0.5) is 11.4 Å². The third kappa shape index (κ3) is 6.47. The largest absolute Gasteiger partial charge is 0.493 e. The van der Waals surface area contributed by atoms with E-state index in [1.807, 2.05) is 35.8 Å². The van der Waals surface area contributed by atoms with Gasteiger partial charge in [-0.3, -0.25) is 14.9 Å². The first-order chi connectivity index (χ1) is 16.3. The summed E-state index contributed by atoms with van der Waals surface area (Å²) < 4.78 is 13.4. The highest BCUT2D eigenvalue weighted by atomic mass is 32.2. The van der Waals surface area contributed by atoms with E-state index in [-0.39, 0.29) is 17.3 Å². The number of thioether (sulfide) groups is 1. The monoisotopic (exact) mass is 485 g/mol. The Balaban J connectivity index is 1.71. The van der Waals surface area contributed by atoms with Crippen LogP contribution in [-0.2, 0) is 11.3 Å². The number of para-hydroxylation sites is 2. The number of benzene rings is 2. The van der Waals surface area contributed by atoms with Crippen LogP contribution in [0.15, 0.2) is 53.7 Å². The third-order valence-electron chi connectivity index (χ3n) is 4.70. The molecule has 10 nitrogen and oxygen atoms in total. The summed E-state index contributed by atoms with van der Waals surface area (Å²) >= 11 is 1.24. The Bertz CT molecular complexity index is 1150. The summed E-state index contributed by atoms with van der Waals surface area (Å²) in [6.45, 7) is 6.70. The molecule has 2 aromatic carbocycles. The van der Waals surface area contributed by atoms with Gasteiger partial charge in [0.05, 0.1) is 17.8 Å². The van der Waals surface area contributed by atoms with E-state index in [1.54, 1.807) is 13.2 Å². The van der Waals surface area contributed by atoms with Gasteiger partial charge in [0.2, 0.25) is 5.91 Å². The number of nitrogens with one attached hydrogen (secondary N) is 1. The lowest BCUT2D eigenvalue weighted by atomic mass is 10.2. The number of aromatic nitrogens is 3. The number of nitrogens with zero attached hydrogens (tertiary/aromatic N) is 4. The van der Waals surface area contributed by atoms with Gasteiger partial charge in [0.15, 0.2) is 28.6 Å². The van der Waals surface area contributed by atoms with Crippen molar-refractivity contribution in [2.24, 2.45) is 5.92 Å². The molecule has 0 spiro atoms. The maximum atomic E-state index is 12.5. The van der Waals surface area contributed by atoms with Gasteiger partial charge in [-0.1, -0.05) is 43.8 Å². The van der Waals surface area contributed by atoms with Gasteiger partial charge in [0, 0.05) is 24.4 Å². The lowest BCUT2D eigenvalue weighted by Gasteiger charge is -2.19. The minimum atomic E-state index is -0.505. The van der Waals surface area contributed by atoms with Crippen LogP contribution in [0.1, 0.15) is 32.7 Å². The number of rotatable bonds is 11. The van der Waals surface area contributed by atoms with E-state index in [4.69, 9.17) is 9.47 Å². The van der Waals surface area contributed by atoms with E-state index in [0.29, 0.717) is 40.6 Å². The minimum absolute atomic E-state index is 0.0701. The van der Waals surface area contributed by atoms with Gasteiger partial charge in [-0.15, -0.1) is 10.2 Å². The van der Waals surface area contributed by atoms with Gasteiger partial charge < -0.3 is 19.4 Å². The second-order valence-corrected chi connectivity index (χ2v) is 8.84. The number of hydrogen-bond acceptors (Lipinski definition) is 8. The molecule has 180 valence electrons. The zero-order chi connectivity index (χ0) is 24.7. The highest BCUT2D eigenvalue weighted by Crippen LogP contribution is 2.31. The summed E-state index contributed by atoms with van der Waals surface area (Å²) in [7, 11) is 1.58. The molecule has 1 N–H and O–H groups in total. The van der Waals surface area contributed by atoms with Gasteiger partial charge in [-0.2, -0.15) is 0 Å². The average molecular weight is 486 g/mol. The van der Waals surface area contributed by atoms with Crippen molar-refractivity contribution < 1.29 is 19.2 Å². The van der Waals surface area contributed by atoms with Crippen molar-refractivity contribution in [3.8, 4) is 11.5 Å². The molecule has 0 aliphatic heterocycles. The van der Waals surface area contributed by atoms with Gasteiger partial charge in [0.25, 0.3) is 5.69 Å². The second-order valence-electron chi connectivity index (χ2n) is 7.90. The number of hydrogen-bond donors (Lipinski definition) is 1. The lowest BCUT2D eigenvalue weighted by Crippen LogP contribution is -2.17. The van der Waals surface area contributed by atoms with E-state index < -0.39 is 11.0 Å². The van der Waals surface area contributed by atoms with Crippen LogP contribution in [0.5, 0.6) is 11.5 Å². The topological polar surface area (TPSA) is 121 Å². The van der Waals surface area contributed by atoms with Gasteiger partial charge >= 0.3 is 0 Å². The summed E-state index contributed by atoms with van der Waals surface area (Å²) in [5.74, 6) is 1.94. The average Bonchev–Trinajstić information content (AvgIpc) is 3.20. The first-order valence-corrected chi connectivity index (χ1v) is 11.7. The molecular formula is C23H27N5O5S. The SMILES string of the molecule is COc1ccccc1OC(C)c1nnc(SCC(=O)Nc2cccc([N+](=O)[O-])c2)n1CC(C)C. The fourth-order valence-corrected chi connectivity index (χ4v) is 3.98. The molecule has 0 aliphatic rings. The molecular weight excluding hydrogens is 458 g/mol. The zero-order valence-electron chi connectivity index (χ0n) is 19.4. The van der Waals surface area contributed by atoms with Crippen LogP contribution in [0, 0.1) is 16.0 Å². The van der Waals surface area contributed by atoms with Crippen LogP contribution >= 0.6 is 11.8 Å². The van der Waals surface area contributed by atoms with Gasteiger partial charge in [-0.25, -0.2) is 0 Å². The number of methoxy groups -OCH3 is 1. The molecule has 1 amide bonds. The van der Waals surface area contributed by atoms with Crippen molar-refractivity contribution in [3.63, 3.8) is 0 Å². The fourth-order valence-electron chi connectivity index (χ4n) is 3.23. The van der Waals surface area contributed by atoms with Crippen molar-refractivity contribution in [2.45, 2.75) is 38.6 Å². The van der Waals surface area contributed by atoms with E-state index >= 15 is 0 Å². The standard InChI is InChI=1S/C23H27N5O5S/c1-15(2)13-27-22(16(3)33-20-11-6-5-10-19(20)32-4)25-26-23(27)34-14-21(29)24-17-8-7-9-18(12-17)28(30)31/h5-12,15-16H,13-14H2,1-4H3,(H,24,29). The Labute approximate surface area is 201 Å². The highest BCUT2D eigenvalue weighted by molar-refractivity contribution is 7.99. The molecule has 0 fully saturated rings. The summed E-state index contributed by atoms with van der Waals surface area (Å²) in [5, 5.41) is 22.8.